The Labute approximate surface area is 119 Å². The van der Waals surface area contributed by atoms with Crippen molar-refractivity contribution in [3.8, 4) is 6.19 Å². The van der Waals surface area contributed by atoms with Crippen LogP contribution in [0.25, 0.3) is 0 Å². The Kier molecular flexibility index (Phi) is 6.60. The molecule has 0 amide bonds. The van der Waals surface area contributed by atoms with Crippen molar-refractivity contribution in [1.29, 1.82) is 5.26 Å². The first-order valence-electron chi connectivity index (χ1n) is 3.93. The molecule has 0 fully saturated rings. The Bertz CT molecular complexity index is 457. The maximum absolute atomic E-state index is 12.9. The number of thiol groups is 1. The first kappa shape index (κ1) is 15.4. The van der Waals surface area contributed by atoms with E-state index in [0.717, 1.165) is 12.1 Å². The number of benzene rings is 1. The molecule has 0 radical (unpaired) electrons. The molecule has 7 heteroatoms. The average Bonchev–Trinajstić information content (AvgIpc) is 2.14. The molecule has 0 saturated carbocycles. The predicted octanol–water partition coefficient (Wildman–Crippen LogP) is 1.80. The van der Waals surface area contributed by atoms with Gasteiger partial charge in [0.15, 0.2) is 16.8 Å². The summed E-state index contributed by atoms with van der Waals surface area (Å²) in [5.41, 5.74) is 0.812. The minimum atomic E-state index is -0.971. The number of anilines is 1. The molecule has 0 aliphatic rings. The summed E-state index contributed by atoms with van der Waals surface area (Å²) in [5.74, 6) is -1.89. The van der Waals surface area contributed by atoms with Crippen LogP contribution in [0.3, 0.4) is 0 Å². The molecule has 0 bridgehead atoms. The Hall–Kier alpha value is -0.610. The zero-order valence-electron chi connectivity index (χ0n) is 7.75. The van der Waals surface area contributed by atoms with E-state index >= 15 is 0 Å². The molecule has 1 rings (SSSR count). The van der Waals surface area contributed by atoms with Gasteiger partial charge in [0.25, 0.3) is 0 Å². The van der Waals surface area contributed by atoms with Crippen LogP contribution in [0.15, 0.2) is 17.1 Å². The molecular weight excluding hydrogens is 243 g/mol. The number of nitriles is 1. The van der Waals surface area contributed by atoms with Gasteiger partial charge in [-0.05, 0) is 18.6 Å². The van der Waals surface area contributed by atoms with E-state index in [1.807, 2.05) is 0 Å². The summed E-state index contributed by atoms with van der Waals surface area (Å²) in [7, 11) is 0. The van der Waals surface area contributed by atoms with Crippen molar-refractivity contribution >= 4 is 53.0 Å². The molecule has 0 atom stereocenters. The molecule has 0 spiro atoms. The van der Waals surface area contributed by atoms with Gasteiger partial charge in [-0.3, -0.25) is 0 Å². The Balaban J connectivity index is 0.00000225. The number of aryl methyl sites for hydroxylation is 1. The van der Waals surface area contributed by atoms with Crippen LogP contribution in [-0.2, 0) is 0 Å². The zero-order chi connectivity index (χ0) is 11.4. The molecule has 0 unspecified atom stereocenters. The monoisotopic (exact) mass is 251 g/mol. The van der Waals surface area contributed by atoms with Crippen LogP contribution in [0.4, 0.5) is 14.5 Å². The molecule has 0 aromatic heterocycles. The molecular formula is C9H8F2N3NaS. The Morgan fingerprint density at radius 3 is 2.56 bits per heavy atom. The van der Waals surface area contributed by atoms with Gasteiger partial charge >= 0.3 is 29.6 Å². The van der Waals surface area contributed by atoms with Crippen LogP contribution in [-0.4, -0.2) is 34.7 Å². The van der Waals surface area contributed by atoms with Gasteiger partial charge in [-0.25, -0.2) is 8.78 Å². The molecule has 0 heterocycles. The summed E-state index contributed by atoms with van der Waals surface area (Å²) in [6, 6.07) is 2.03. The summed E-state index contributed by atoms with van der Waals surface area (Å²) in [4.78, 5) is 3.27. The molecule has 0 saturated heterocycles. The zero-order valence-corrected chi connectivity index (χ0v) is 8.65. The summed E-state index contributed by atoms with van der Waals surface area (Å²) < 4.78 is 25.6. The number of rotatable bonds is 1. The van der Waals surface area contributed by atoms with Crippen molar-refractivity contribution in [2.45, 2.75) is 6.92 Å². The van der Waals surface area contributed by atoms with Crippen molar-refractivity contribution in [2.24, 2.45) is 4.99 Å². The fraction of sp³-hybridized carbons (Fsp3) is 0.111. The van der Waals surface area contributed by atoms with E-state index in [4.69, 9.17) is 5.26 Å². The van der Waals surface area contributed by atoms with Crippen LogP contribution in [0, 0.1) is 30.0 Å². The molecule has 3 nitrogen and oxygen atoms in total. The molecule has 0 aliphatic carbocycles. The van der Waals surface area contributed by atoms with Crippen LogP contribution in [0.2, 0.25) is 0 Å². The predicted molar refractivity (Wildman–Crippen MR) is 63.9 cm³/mol. The minimum absolute atomic E-state index is 0. The molecule has 16 heavy (non-hydrogen) atoms. The summed E-state index contributed by atoms with van der Waals surface area (Å²) in [6.07, 6.45) is 1.51. The second kappa shape index (κ2) is 6.86. The number of hydrogen-bond acceptors (Lipinski definition) is 2. The third-order valence-corrected chi connectivity index (χ3v) is 1.88. The van der Waals surface area contributed by atoms with E-state index in [9.17, 15) is 8.78 Å². The van der Waals surface area contributed by atoms with E-state index in [0.29, 0.717) is 11.3 Å². The fourth-order valence-corrected chi connectivity index (χ4v) is 1.14. The number of hydrogen-bond donors (Lipinski definition) is 2. The van der Waals surface area contributed by atoms with Crippen molar-refractivity contribution < 1.29 is 8.78 Å². The average molecular weight is 251 g/mol. The van der Waals surface area contributed by atoms with E-state index in [2.05, 4.69) is 22.9 Å². The molecule has 80 valence electrons. The summed E-state index contributed by atoms with van der Waals surface area (Å²) in [6.45, 7) is 1.60. The van der Waals surface area contributed by atoms with Crippen molar-refractivity contribution in [3.05, 3.63) is 29.3 Å². The van der Waals surface area contributed by atoms with Crippen LogP contribution >= 0.6 is 12.6 Å². The fourth-order valence-electron chi connectivity index (χ4n) is 0.977. The van der Waals surface area contributed by atoms with Gasteiger partial charge in [-0.2, -0.15) is 5.26 Å². The summed E-state index contributed by atoms with van der Waals surface area (Å²) >= 11 is 3.83. The number of nitrogens with one attached hydrogen (secondary N) is 1. The molecule has 1 N–H and O–H groups in total. The van der Waals surface area contributed by atoms with Crippen LogP contribution in [0.5, 0.6) is 0 Å². The van der Waals surface area contributed by atoms with E-state index in [-0.39, 0.29) is 34.7 Å². The van der Waals surface area contributed by atoms with Gasteiger partial charge in [-0.15, -0.1) is 17.6 Å². The van der Waals surface area contributed by atoms with Gasteiger partial charge in [0, 0.05) is 11.8 Å². The van der Waals surface area contributed by atoms with Crippen molar-refractivity contribution in [1.82, 2.24) is 0 Å². The second-order valence-corrected chi connectivity index (χ2v) is 3.17. The number of aliphatic imine (C=N–C) groups is 1. The standard InChI is InChI=1S/C9H7F2N3S.Na.H/c1-5-2-6(10)7(11)3-8(5)14-9(15)13-4-12;;/h2-3H,1H3,(H2,13,14,15);;. The Morgan fingerprint density at radius 2 is 2.00 bits per heavy atom. The van der Waals surface area contributed by atoms with Crippen molar-refractivity contribution in [2.75, 3.05) is 5.32 Å². The third kappa shape index (κ3) is 4.10. The number of nitrogens with zero attached hydrogens (tertiary/aromatic N) is 2. The quantitative estimate of drug-likeness (QED) is 0.263. The first-order valence-corrected chi connectivity index (χ1v) is 4.37. The maximum atomic E-state index is 12.9. The first-order chi connectivity index (χ1) is 7.04. The van der Waals surface area contributed by atoms with Crippen molar-refractivity contribution in [3.63, 3.8) is 0 Å². The van der Waals surface area contributed by atoms with E-state index < -0.39 is 11.6 Å². The van der Waals surface area contributed by atoms with E-state index in [1.54, 1.807) is 6.92 Å². The van der Waals surface area contributed by atoms with Gasteiger partial charge in [0.2, 0.25) is 6.19 Å². The van der Waals surface area contributed by atoms with Gasteiger partial charge in [0.1, 0.15) is 0 Å². The second-order valence-electron chi connectivity index (χ2n) is 2.74. The van der Waals surface area contributed by atoms with Gasteiger partial charge in [0.05, 0.1) is 0 Å². The van der Waals surface area contributed by atoms with Crippen LogP contribution < -0.4 is 5.32 Å². The number of halogens is 2. The number of amidine groups is 1. The Morgan fingerprint density at radius 1 is 1.44 bits per heavy atom. The molecule has 1 aromatic rings. The molecule has 0 aliphatic heterocycles. The third-order valence-electron chi connectivity index (χ3n) is 1.67. The topological polar surface area (TPSA) is 48.2 Å². The SMILES string of the molecule is Cc1cc(F)c(F)cc1NC(S)=NC#N.[NaH]. The summed E-state index contributed by atoms with van der Waals surface area (Å²) in [5, 5.41) is 10.8. The van der Waals surface area contributed by atoms with Gasteiger partial charge < -0.3 is 5.32 Å². The van der Waals surface area contributed by atoms with E-state index in [1.165, 1.54) is 6.19 Å². The van der Waals surface area contributed by atoms with Gasteiger partial charge in [-0.1, -0.05) is 0 Å². The normalized spacial score (nSPS) is 10.3. The molecule has 1 aromatic carbocycles. The van der Waals surface area contributed by atoms with Crippen LogP contribution in [0.1, 0.15) is 5.56 Å².